The van der Waals surface area contributed by atoms with Gasteiger partial charge in [0.1, 0.15) is 6.10 Å². The van der Waals surface area contributed by atoms with Gasteiger partial charge >= 0.3 is 0 Å². The van der Waals surface area contributed by atoms with Crippen LogP contribution in [0.2, 0.25) is 0 Å². The van der Waals surface area contributed by atoms with Crippen LogP contribution in [-0.2, 0) is 14.4 Å². The first-order valence-corrected chi connectivity index (χ1v) is 8.22. The number of hydrogen-bond donors (Lipinski definition) is 4. The first kappa shape index (κ1) is 20.9. The van der Waals surface area contributed by atoms with Crippen LogP contribution in [0.25, 0.3) is 0 Å². The monoisotopic (exact) mass is 334 g/mol. The number of aliphatic hydroxyl groups excluding tert-OH is 2. The minimum atomic E-state index is -1.34. The molecule has 0 heterocycles. The zero-order chi connectivity index (χ0) is 17.2. The summed E-state index contributed by atoms with van der Waals surface area (Å²) in [6, 6.07) is 0. The van der Waals surface area contributed by atoms with Crippen molar-refractivity contribution in [3.63, 3.8) is 0 Å². The van der Waals surface area contributed by atoms with Gasteiger partial charge in [0.05, 0.1) is 6.61 Å². The predicted molar refractivity (Wildman–Crippen MR) is 85.3 cm³/mol. The Morgan fingerprint density at radius 3 is 2.36 bits per heavy atom. The van der Waals surface area contributed by atoms with Crippen LogP contribution in [0.1, 0.15) is 33.6 Å². The molecule has 1 unspecified atom stereocenters. The molecule has 0 saturated heterocycles. The van der Waals surface area contributed by atoms with Gasteiger partial charge in [0.25, 0.3) is 0 Å². The minimum Gasteiger partial charge on any atom is -0.396 e. The molecule has 0 aromatic carbocycles. The van der Waals surface area contributed by atoms with Crippen LogP contribution in [0.3, 0.4) is 0 Å². The van der Waals surface area contributed by atoms with Crippen molar-refractivity contribution >= 4 is 28.7 Å². The molecule has 128 valence electrons. The topological polar surface area (TPSA) is 116 Å². The van der Waals surface area contributed by atoms with Crippen molar-refractivity contribution in [1.29, 1.82) is 0 Å². The van der Waals surface area contributed by atoms with Crippen LogP contribution in [0.4, 0.5) is 0 Å². The summed E-state index contributed by atoms with van der Waals surface area (Å²) in [5.41, 5.74) is -0.935. The molecule has 8 heteroatoms. The van der Waals surface area contributed by atoms with E-state index in [-0.39, 0.29) is 30.6 Å². The summed E-state index contributed by atoms with van der Waals surface area (Å²) in [5, 5.41) is 24.0. The standard InChI is InChI=1S/C14H26N2O5S/c1-4-11(19)22-8-7-15-10(18)5-6-16-13(21)12(20)14(2,3)9-17/h12,17,20H,4-9H2,1-3H3,(H,15,18)(H,16,21). The average Bonchev–Trinajstić information content (AvgIpc) is 2.50. The van der Waals surface area contributed by atoms with Crippen molar-refractivity contribution in [3.05, 3.63) is 0 Å². The fourth-order valence-electron chi connectivity index (χ4n) is 1.38. The van der Waals surface area contributed by atoms with Gasteiger partial charge in [-0.15, -0.1) is 0 Å². The summed E-state index contributed by atoms with van der Waals surface area (Å²) in [7, 11) is 0. The van der Waals surface area contributed by atoms with E-state index in [0.717, 1.165) is 0 Å². The number of nitrogens with one attached hydrogen (secondary N) is 2. The van der Waals surface area contributed by atoms with Crippen molar-refractivity contribution in [2.45, 2.75) is 39.7 Å². The third-order valence-corrected chi connectivity index (χ3v) is 4.04. The van der Waals surface area contributed by atoms with Crippen LogP contribution >= 0.6 is 11.8 Å². The Morgan fingerprint density at radius 1 is 1.18 bits per heavy atom. The summed E-state index contributed by atoms with van der Waals surface area (Å²) in [5.74, 6) is -0.328. The lowest BCUT2D eigenvalue weighted by Gasteiger charge is -2.27. The van der Waals surface area contributed by atoms with Crippen LogP contribution in [-0.4, -0.2) is 58.7 Å². The van der Waals surface area contributed by atoms with Crippen LogP contribution in [0.5, 0.6) is 0 Å². The van der Waals surface area contributed by atoms with E-state index >= 15 is 0 Å². The van der Waals surface area contributed by atoms with Gasteiger partial charge in [-0.3, -0.25) is 14.4 Å². The van der Waals surface area contributed by atoms with E-state index in [2.05, 4.69) is 10.6 Å². The molecule has 0 radical (unpaired) electrons. The smallest absolute Gasteiger partial charge is 0.249 e. The zero-order valence-corrected chi connectivity index (χ0v) is 14.2. The van der Waals surface area contributed by atoms with Gasteiger partial charge < -0.3 is 20.8 Å². The number of carbonyl (C=O) groups is 3. The van der Waals surface area contributed by atoms with Gasteiger partial charge in [0, 0.05) is 37.1 Å². The van der Waals surface area contributed by atoms with Crippen molar-refractivity contribution in [2.75, 3.05) is 25.4 Å². The summed E-state index contributed by atoms with van der Waals surface area (Å²) in [6.07, 6.45) is -0.779. The Hall–Kier alpha value is -1.12. The maximum Gasteiger partial charge on any atom is 0.249 e. The molecule has 22 heavy (non-hydrogen) atoms. The van der Waals surface area contributed by atoms with Gasteiger partial charge in [-0.2, -0.15) is 0 Å². The minimum absolute atomic E-state index is 0.0852. The quantitative estimate of drug-likeness (QED) is 0.406. The first-order valence-electron chi connectivity index (χ1n) is 7.23. The molecular formula is C14H26N2O5S. The molecule has 0 bridgehead atoms. The number of rotatable bonds is 10. The third-order valence-electron chi connectivity index (χ3n) is 3.02. The molecule has 2 amide bonds. The molecule has 1 atom stereocenters. The summed E-state index contributed by atoms with van der Waals surface area (Å²) < 4.78 is 0. The third kappa shape index (κ3) is 8.35. The molecule has 0 fully saturated rings. The molecule has 0 aliphatic heterocycles. The molecule has 0 spiro atoms. The van der Waals surface area contributed by atoms with Crippen molar-refractivity contribution in [2.24, 2.45) is 5.41 Å². The molecule has 0 saturated carbocycles. The highest BCUT2D eigenvalue weighted by atomic mass is 32.2. The van der Waals surface area contributed by atoms with Gasteiger partial charge in [-0.05, 0) is 0 Å². The van der Waals surface area contributed by atoms with Crippen molar-refractivity contribution < 1.29 is 24.6 Å². The van der Waals surface area contributed by atoms with Crippen molar-refractivity contribution in [3.8, 4) is 0 Å². The largest absolute Gasteiger partial charge is 0.396 e. The second-order valence-corrected chi connectivity index (χ2v) is 6.67. The average molecular weight is 334 g/mol. The van der Waals surface area contributed by atoms with E-state index in [1.165, 1.54) is 11.8 Å². The normalized spacial score (nSPS) is 12.6. The molecule has 7 nitrogen and oxygen atoms in total. The van der Waals surface area contributed by atoms with Crippen molar-refractivity contribution in [1.82, 2.24) is 10.6 Å². The lowest BCUT2D eigenvalue weighted by atomic mass is 9.87. The SMILES string of the molecule is CCC(=O)SCCNC(=O)CCNC(=O)C(O)C(C)(C)CO. The van der Waals surface area contributed by atoms with E-state index in [9.17, 15) is 19.5 Å². The lowest BCUT2D eigenvalue weighted by Crippen LogP contribution is -2.46. The zero-order valence-electron chi connectivity index (χ0n) is 13.3. The van der Waals surface area contributed by atoms with E-state index in [0.29, 0.717) is 18.7 Å². The van der Waals surface area contributed by atoms with Gasteiger partial charge in [-0.1, -0.05) is 32.5 Å². The highest BCUT2D eigenvalue weighted by molar-refractivity contribution is 8.13. The molecule has 4 N–H and O–H groups in total. The Labute approximate surface area is 135 Å². The van der Waals surface area contributed by atoms with Crippen LogP contribution in [0, 0.1) is 5.41 Å². The van der Waals surface area contributed by atoms with Gasteiger partial charge in [0.2, 0.25) is 11.8 Å². The fraction of sp³-hybridized carbons (Fsp3) is 0.786. The molecular weight excluding hydrogens is 308 g/mol. The van der Waals surface area contributed by atoms with E-state index in [1.54, 1.807) is 20.8 Å². The highest BCUT2D eigenvalue weighted by Gasteiger charge is 2.32. The molecule has 0 rings (SSSR count). The molecule has 0 aliphatic carbocycles. The first-order chi connectivity index (χ1) is 10.2. The number of aliphatic hydroxyl groups is 2. The maximum atomic E-state index is 11.7. The predicted octanol–water partition coefficient (Wildman–Crippen LogP) is -0.342. The van der Waals surface area contributed by atoms with Gasteiger partial charge in [0.15, 0.2) is 5.12 Å². The maximum absolute atomic E-state index is 11.7. The Bertz CT molecular complexity index is 387. The fourth-order valence-corrected chi connectivity index (χ4v) is 2.02. The van der Waals surface area contributed by atoms with E-state index in [4.69, 9.17) is 5.11 Å². The summed E-state index contributed by atoms with van der Waals surface area (Å²) in [6.45, 7) is 5.09. The number of amides is 2. The highest BCUT2D eigenvalue weighted by Crippen LogP contribution is 2.19. The second kappa shape index (κ2) is 10.6. The molecule has 0 aromatic heterocycles. The number of thioether (sulfide) groups is 1. The Morgan fingerprint density at radius 2 is 1.82 bits per heavy atom. The van der Waals surface area contributed by atoms with Gasteiger partial charge in [-0.25, -0.2) is 0 Å². The van der Waals surface area contributed by atoms with Crippen LogP contribution in [0.15, 0.2) is 0 Å². The molecule has 0 aromatic rings. The van der Waals surface area contributed by atoms with Crippen LogP contribution < -0.4 is 10.6 Å². The molecule has 0 aliphatic rings. The Kier molecular flexibility index (Phi) is 10.0. The lowest BCUT2D eigenvalue weighted by molar-refractivity contribution is -0.137. The Balaban J connectivity index is 3.84. The second-order valence-electron chi connectivity index (χ2n) is 5.51. The number of carbonyl (C=O) groups excluding carboxylic acids is 3. The van der Waals surface area contributed by atoms with E-state index in [1.807, 2.05) is 0 Å². The summed E-state index contributed by atoms with van der Waals surface area (Å²) in [4.78, 5) is 34.2. The summed E-state index contributed by atoms with van der Waals surface area (Å²) >= 11 is 1.18. The van der Waals surface area contributed by atoms with E-state index < -0.39 is 17.4 Å². The number of hydrogen-bond acceptors (Lipinski definition) is 6.